The molecule has 0 aromatic rings. The lowest BCUT2D eigenvalue weighted by atomic mass is 9.99. The van der Waals surface area contributed by atoms with Crippen LogP contribution in [0.15, 0.2) is 0 Å². The van der Waals surface area contributed by atoms with Gasteiger partial charge < -0.3 is 19.9 Å². The molecule has 3 rings (SSSR count). The van der Waals surface area contributed by atoms with Crippen LogP contribution >= 0.6 is 0 Å². The molecule has 3 aliphatic heterocycles. The molecule has 3 aliphatic rings. The van der Waals surface area contributed by atoms with Crippen LogP contribution in [-0.4, -0.2) is 74.4 Å². The quantitative estimate of drug-likeness (QED) is 0.823. The molecule has 4 nitrogen and oxygen atoms in total. The van der Waals surface area contributed by atoms with Crippen LogP contribution in [0.1, 0.15) is 32.1 Å². The van der Waals surface area contributed by atoms with E-state index in [4.69, 9.17) is 4.74 Å². The molecule has 0 aromatic heterocycles. The topological polar surface area (TPSA) is 27.7 Å². The highest BCUT2D eigenvalue weighted by Gasteiger charge is 2.27. The third kappa shape index (κ3) is 3.91. The summed E-state index contributed by atoms with van der Waals surface area (Å²) < 4.78 is 5.81. The summed E-state index contributed by atoms with van der Waals surface area (Å²) in [7, 11) is 0. The van der Waals surface area contributed by atoms with Crippen LogP contribution in [0.5, 0.6) is 0 Å². The van der Waals surface area contributed by atoms with Gasteiger partial charge in [0.25, 0.3) is 0 Å². The number of piperidine rings is 2. The zero-order valence-electron chi connectivity index (χ0n) is 12.1. The van der Waals surface area contributed by atoms with E-state index in [1.54, 1.807) is 0 Å². The molecule has 4 heteroatoms. The lowest BCUT2D eigenvalue weighted by Crippen LogP contribution is -2.50. The summed E-state index contributed by atoms with van der Waals surface area (Å²) >= 11 is 0. The minimum Gasteiger partial charge on any atom is -0.374 e. The predicted molar refractivity (Wildman–Crippen MR) is 77.5 cm³/mol. The molecule has 0 spiro atoms. The Balaban J connectivity index is 1.38. The minimum atomic E-state index is 0.417. The number of nitrogens with one attached hydrogen (secondary N) is 1. The molecule has 3 heterocycles. The monoisotopic (exact) mass is 267 g/mol. The smallest absolute Gasteiger partial charge is 0.0826 e. The van der Waals surface area contributed by atoms with Crippen molar-refractivity contribution < 1.29 is 4.74 Å². The zero-order chi connectivity index (χ0) is 12.9. The van der Waals surface area contributed by atoms with Gasteiger partial charge in [-0.2, -0.15) is 0 Å². The number of ether oxygens (including phenoxy) is 1. The normalized spacial score (nSPS) is 32.5. The summed E-state index contributed by atoms with van der Waals surface area (Å²) in [5.41, 5.74) is 0. The second-order valence-electron chi connectivity index (χ2n) is 6.33. The average Bonchev–Trinajstić information content (AvgIpc) is 2.50. The lowest BCUT2D eigenvalue weighted by molar-refractivity contribution is -0.00486. The lowest BCUT2D eigenvalue weighted by Gasteiger charge is -2.41. The molecule has 0 aliphatic carbocycles. The van der Waals surface area contributed by atoms with Gasteiger partial charge in [-0.3, -0.25) is 0 Å². The number of likely N-dealkylation sites (tertiary alicyclic amines) is 2. The van der Waals surface area contributed by atoms with Crippen LogP contribution in [0.4, 0.5) is 0 Å². The van der Waals surface area contributed by atoms with Crippen LogP contribution in [0.2, 0.25) is 0 Å². The Morgan fingerprint density at radius 1 is 1.00 bits per heavy atom. The van der Waals surface area contributed by atoms with E-state index < -0.39 is 0 Å². The fourth-order valence-electron chi connectivity index (χ4n) is 3.78. The van der Waals surface area contributed by atoms with E-state index in [2.05, 4.69) is 15.1 Å². The maximum absolute atomic E-state index is 5.81. The summed E-state index contributed by atoms with van der Waals surface area (Å²) in [6, 6.07) is 0.863. The van der Waals surface area contributed by atoms with Crippen molar-refractivity contribution in [3.8, 4) is 0 Å². The van der Waals surface area contributed by atoms with Gasteiger partial charge in [0.05, 0.1) is 12.7 Å². The Morgan fingerprint density at radius 2 is 1.79 bits per heavy atom. The molecule has 1 N–H and O–H groups in total. The average molecular weight is 267 g/mol. The summed E-state index contributed by atoms with van der Waals surface area (Å²) in [6.45, 7) is 9.29. The Bertz CT molecular complexity index is 254. The summed E-state index contributed by atoms with van der Waals surface area (Å²) in [5.74, 6) is 0. The molecule has 0 saturated carbocycles. The SMILES string of the molecule is C1CCN(C2CCN(CC3CNCCO3)CC2)CC1. The largest absolute Gasteiger partial charge is 0.374 e. The summed E-state index contributed by atoms with van der Waals surface area (Å²) in [5, 5.41) is 3.42. The number of nitrogens with zero attached hydrogens (tertiary/aromatic N) is 2. The molecule has 1 atom stereocenters. The van der Waals surface area contributed by atoms with Gasteiger partial charge in [-0.15, -0.1) is 0 Å². The van der Waals surface area contributed by atoms with Crippen molar-refractivity contribution in [2.24, 2.45) is 0 Å². The third-order valence-electron chi connectivity index (χ3n) is 4.93. The van der Waals surface area contributed by atoms with Gasteiger partial charge >= 0.3 is 0 Å². The number of hydrogen-bond donors (Lipinski definition) is 1. The molecule has 0 bridgehead atoms. The van der Waals surface area contributed by atoms with Crippen molar-refractivity contribution in [3.05, 3.63) is 0 Å². The van der Waals surface area contributed by atoms with Crippen molar-refractivity contribution in [3.63, 3.8) is 0 Å². The Hall–Kier alpha value is -0.160. The van der Waals surface area contributed by atoms with E-state index >= 15 is 0 Å². The van der Waals surface area contributed by atoms with Gasteiger partial charge in [0.2, 0.25) is 0 Å². The molecule has 110 valence electrons. The van der Waals surface area contributed by atoms with Crippen LogP contribution in [0.25, 0.3) is 0 Å². The van der Waals surface area contributed by atoms with Crippen molar-refractivity contribution >= 4 is 0 Å². The molecule has 3 saturated heterocycles. The number of rotatable bonds is 3. The first-order chi connectivity index (χ1) is 9.42. The highest BCUT2D eigenvalue weighted by atomic mass is 16.5. The fourth-order valence-corrected chi connectivity index (χ4v) is 3.78. The first-order valence-corrected chi connectivity index (χ1v) is 8.20. The minimum absolute atomic E-state index is 0.417. The van der Waals surface area contributed by atoms with Crippen LogP contribution in [0.3, 0.4) is 0 Å². The second kappa shape index (κ2) is 7.02. The third-order valence-corrected chi connectivity index (χ3v) is 4.93. The van der Waals surface area contributed by atoms with E-state index in [0.29, 0.717) is 6.10 Å². The molecule has 0 amide bonds. The van der Waals surface area contributed by atoms with E-state index in [1.165, 1.54) is 58.3 Å². The molecular weight excluding hydrogens is 238 g/mol. The van der Waals surface area contributed by atoms with Crippen molar-refractivity contribution in [1.29, 1.82) is 0 Å². The number of morpholine rings is 1. The first-order valence-electron chi connectivity index (χ1n) is 8.20. The van der Waals surface area contributed by atoms with Gasteiger partial charge in [0.1, 0.15) is 0 Å². The standard InChI is InChI=1S/C15H29N3O/c1-2-7-18(8-3-1)14-4-9-17(10-5-14)13-15-12-16-6-11-19-15/h14-16H,1-13H2. The van der Waals surface area contributed by atoms with Crippen LogP contribution in [0, 0.1) is 0 Å². The van der Waals surface area contributed by atoms with Crippen molar-refractivity contribution in [2.45, 2.75) is 44.2 Å². The van der Waals surface area contributed by atoms with Gasteiger partial charge in [-0.1, -0.05) is 6.42 Å². The predicted octanol–water partition coefficient (Wildman–Crippen LogP) is 0.925. The molecule has 19 heavy (non-hydrogen) atoms. The molecule has 1 unspecified atom stereocenters. The fraction of sp³-hybridized carbons (Fsp3) is 1.00. The van der Waals surface area contributed by atoms with Gasteiger partial charge in [0.15, 0.2) is 0 Å². The van der Waals surface area contributed by atoms with Crippen LogP contribution < -0.4 is 5.32 Å². The Labute approximate surface area is 117 Å². The molecule has 0 radical (unpaired) electrons. The Morgan fingerprint density at radius 3 is 2.47 bits per heavy atom. The maximum atomic E-state index is 5.81. The van der Waals surface area contributed by atoms with E-state index in [1.807, 2.05) is 0 Å². The molecule has 3 fully saturated rings. The van der Waals surface area contributed by atoms with Gasteiger partial charge in [-0.25, -0.2) is 0 Å². The maximum Gasteiger partial charge on any atom is 0.0826 e. The first kappa shape index (κ1) is 13.8. The highest BCUT2D eigenvalue weighted by Crippen LogP contribution is 2.21. The summed E-state index contributed by atoms with van der Waals surface area (Å²) in [4.78, 5) is 5.36. The summed E-state index contributed by atoms with van der Waals surface area (Å²) in [6.07, 6.45) is 7.42. The Kier molecular flexibility index (Phi) is 5.10. The van der Waals surface area contributed by atoms with Crippen molar-refractivity contribution in [2.75, 3.05) is 52.4 Å². The second-order valence-corrected chi connectivity index (χ2v) is 6.33. The van der Waals surface area contributed by atoms with Gasteiger partial charge in [-0.05, 0) is 51.9 Å². The highest BCUT2D eigenvalue weighted by molar-refractivity contribution is 4.83. The zero-order valence-corrected chi connectivity index (χ0v) is 12.1. The van der Waals surface area contributed by atoms with Crippen molar-refractivity contribution in [1.82, 2.24) is 15.1 Å². The molecular formula is C15H29N3O. The van der Waals surface area contributed by atoms with E-state index in [9.17, 15) is 0 Å². The van der Waals surface area contributed by atoms with Gasteiger partial charge in [0, 0.05) is 25.7 Å². The van der Waals surface area contributed by atoms with Crippen LogP contribution in [-0.2, 0) is 4.74 Å². The molecule has 0 aromatic carbocycles. The van der Waals surface area contributed by atoms with E-state index in [-0.39, 0.29) is 0 Å². The number of hydrogen-bond acceptors (Lipinski definition) is 4. The van der Waals surface area contributed by atoms with E-state index in [0.717, 1.165) is 32.3 Å².